The molecule has 0 saturated carbocycles. The van der Waals surface area contributed by atoms with E-state index in [1.54, 1.807) is 12.1 Å². The summed E-state index contributed by atoms with van der Waals surface area (Å²) >= 11 is 0. The Morgan fingerprint density at radius 2 is 1.96 bits per heavy atom. The van der Waals surface area contributed by atoms with Gasteiger partial charge in [-0.25, -0.2) is 14.4 Å². The van der Waals surface area contributed by atoms with Gasteiger partial charge in [0.25, 0.3) is 5.91 Å². The van der Waals surface area contributed by atoms with Gasteiger partial charge in [0.05, 0.1) is 11.3 Å². The van der Waals surface area contributed by atoms with Crippen molar-refractivity contribution in [3.63, 3.8) is 0 Å². The van der Waals surface area contributed by atoms with Crippen LogP contribution in [0.4, 0.5) is 16.0 Å². The number of aromatic nitrogens is 2. The molecule has 3 rings (SSSR count). The Bertz CT molecular complexity index is 758. The molecule has 1 heterocycles. The Morgan fingerprint density at radius 3 is 2.68 bits per heavy atom. The molecule has 0 saturated heterocycles. The lowest BCUT2D eigenvalue weighted by Crippen LogP contribution is -2.14. The van der Waals surface area contributed by atoms with Crippen LogP contribution in [0.15, 0.2) is 48.3 Å². The summed E-state index contributed by atoms with van der Waals surface area (Å²) < 4.78 is 13.6. The number of para-hydroxylation sites is 1. The second-order valence-electron chi connectivity index (χ2n) is 6.01. The maximum absolute atomic E-state index is 13.6. The molecule has 0 atom stereocenters. The molecule has 1 aliphatic carbocycles. The number of benzene rings is 1. The van der Waals surface area contributed by atoms with Crippen molar-refractivity contribution in [1.82, 2.24) is 9.97 Å². The number of halogens is 1. The van der Waals surface area contributed by atoms with Crippen LogP contribution in [0.2, 0.25) is 0 Å². The zero-order valence-corrected chi connectivity index (χ0v) is 14.0. The molecule has 1 aromatic carbocycles. The molecule has 0 aliphatic heterocycles. The monoisotopic (exact) mass is 340 g/mol. The minimum absolute atomic E-state index is 0.135. The SMILES string of the molecule is O=C(Nc1ccccc1F)c1cnc(NCCC2=CCCCC2)nc1. The maximum atomic E-state index is 13.6. The highest BCUT2D eigenvalue weighted by atomic mass is 19.1. The molecule has 0 radical (unpaired) electrons. The number of nitrogens with one attached hydrogen (secondary N) is 2. The van der Waals surface area contributed by atoms with Gasteiger partial charge in [-0.1, -0.05) is 23.8 Å². The van der Waals surface area contributed by atoms with Gasteiger partial charge < -0.3 is 10.6 Å². The number of anilines is 2. The van der Waals surface area contributed by atoms with E-state index in [0.29, 0.717) is 5.95 Å². The van der Waals surface area contributed by atoms with E-state index in [0.717, 1.165) is 13.0 Å². The van der Waals surface area contributed by atoms with Crippen molar-refractivity contribution < 1.29 is 9.18 Å². The Labute approximate surface area is 146 Å². The molecule has 0 fully saturated rings. The van der Waals surface area contributed by atoms with Crippen LogP contribution in [0, 0.1) is 5.82 Å². The molecule has 0 spiro atoms. The van der Waals surface area contributed by atoms with Gasteiger partial charge >= 0.3 is 0 Å². The fourth-order valence-electron chi connectivity index (χ4n) is 2.76. The molecule has 25 heavy (non-hydrogen) atoms. The number of hydrogen-bond donors (Lipinski definition) is 2. The lowest BCUT2D eigenvalue weighted by Gasteiger charge is -2.12. The first-order valence-corrected chi connectivity index (χ1v) is 8.52. The lowest BCUT2D eigenvalue weighted by molar-refractivity contribution is 0.102. The predicted octanol–water partition coefficient (Wildman–Crippen LogP) is 4.17. The van der Waals surface area contributed by atoms with Gasteiger partial charge in [0.1, 0.15) is 5.82 Å². The molecular formula is C19H21FN4O. The first-order valence-electron chi connectivity index (χ1n) is 8.52. The molecule has 0 unspecified atom stereocenters. The van der Waals surface area contributed by atoms with Crippen LogP contribution in [-0.4, -0.2) is 22.4 Å². The highest BCUT2D eigenvalue weighted by Crippen LogP contribution is 2.19. The number of rotatable bonds is 6. The number of amides is 1. The summed E-state index contributed by atoms with van der Waals surface area (Å²) in [6, 6.07) is 6.02. The molecule has 6 heteroatoms. The van der Waals surface area contributed by atoms with Crippen molar-refractivity contribution in [2.45, 2.75) is 32.1 Å². The second kappa shape index (κ2) is 8.37. The topological polar surface area (TPSA) is 66.9 Å². The molecule has 1 aromatic heterocycles. The molecule has 5 nitrogen and oxygen atoms in total. The quantitative estimate of drug-likeness (QED) is 0.775. The van der Waals surface area contributed by atoms with Gasteiger partial charge in [-0.15, -0.1) is 0 Å². The smallest absolute Gasteiger partial charge is 0.258 e. The summed E-state index contributed by atoms with van der Waals surface area (Å²) in [6.45, 7) is 0.770. The van der Waals surface area contributed by atoms with Crippen LogP contribution in [0.3, 0.4) is 0 Å². The highest BCUT2D eigenvalue weighted by molar-refractivity contribution is 6.03. The van der Waals surface area contributed by atoms with Crippen molar-refractivity contribution in [2.75, 3.05) is 17.2 Å². The van der Waals surface area contributed by atoms with Crippen LogP contribution < -0.4 is 10.6 Å². The van der Waals surface area contributed by atoms with Gasteiger partial charge in [-0.3, -0.25) is 4.79 Å². The number of carbonyl (C=O) groups is 1. The van der Waals surface area contributed by atoms with Crippen molar-refractivity contribution in [1.29, 1.82) is 0 Å². The van der Waals surface area contributed by atoms with E-state index in [-0.39, 0.29) is 11.3 Å². The van der Waals surface area contributed by atoms with Crippen molar-refractivity contribution in [2.24, 2.45) is 0 Å². The van der Waals surface area contributed by atoms with E-state index in [1.807, 2.05) is 0 Å². The first-order chi connectivity index (χ1) is 12.2. The van der Waals surface area contributed by atoms with Crippen LogP contribution in [0.5, 0.6) is 0 Å². The second-order valence-corrected chi connectivity index (χ2v) is 6.01. The highest BCUT2D eigenvalue weighted by Gasteiger charge is 2.10. The largest absolute Gasteiger partial charge is 0.354 e. The summed E-state index contributed by atoms with van der Waals surface area (Å²) in [7, 11) is 0. The van der Waals surface area contributed by atoms with Gasteiger partial charge in [0.15, 0.2) is 0 Å². The minimum Gasteiger partial charge on any atom is -0.354 e. The summed E-state index contributed by atoms with van der Waals surface area (Å²) in [5, 5.41) is 5.67. The van der Waals surface area contributed by atoms with Crippen molar-refractivity contribution in [3.05, 3.63) is 59.7 Å². The van der Waals surface area contributed by atoms with Gasteiger partial charge in [0, 0.05) is 18.9 Å². The zero-order valence-electron chi connectivity index (χ0n) is 14.0. The summed E-state index contributed by atoms with van der Waals surface area (Å²) in [5.41, 5.74) is 1.90. The van der Waals surface area contributed by atoms with E-state index in [9.17, 15) is 9.18 Å². The molecule has 0 bridgehead atoms. The number of carbonyl (C=O) groups excluding carboxylic acids is 1. The minimum atomic E-state index is -0.480. The third-order valence-corrected chi connectivity index (χ3v) is 4.15. The summed E-state index contributed by atoms with van der Waals surface area (Å²) in [6.07, 6.45) is 11.1. The Hall–Kier alpha value is -2.76. The van der Waals surface area contributed by atoms with Crippen LogP contribution >= 0.6 is 0 Å². The molecule has 130 valence electrons. The van der Waals surface area contributed by atoms with Gasteiger partial charge in [-0.05, 0) is 44.2 Å². The maximum Gasteiger partial charge on any atom is 0.258 e. The molecule has 2 N–H and O–H groups in total. The Balaban J connectivity index is 1.52. The van der Waals surface area contributed by atoms with E-state index in [4.69, 9.17) is 0 Å². The third kappa shape index (κ3) is 4.86. The lowest BCUT2D eigenvalue weighted by atomic mass is 9.97. The number of nitrogens with zero attached hydrogens (tertiary/aromatic N) is 2. The van der Waals surface area contributed by atoms with Gasteiger partial charge in [0.2, 0.25) is 5.95 Å². The molecular weight excluding hydrogens is 319 g/mol. The first kappa shape index (κ1) is 17.1. The van der Waals surface area contributed by atoms with Crippen LogP contribution in [0.1, 0.15) is 42.5 Å². The summed E-state index contributed by atoms with van der Waals surface area (Å²) in [4.78, 5) is 20.4. The molecule has 1 aliphatic rings. The van der Waals surface area contributed by atoms with Gasteiger partial charge in [-0.2, -0.15) is 0 Å². The number of hydrogen-bond acceptors (Lipinski definition) is 4. The van der Waals surface area contributed by atoms with E-state index in [1.165, 1.54) is 55.8 Å². The Kier molecular flexibility index (Phi) is 5.72. The van der Waals surface area contributed by atoms with Crippen LogP contribution in [0.25, 0.3) is 0 Å². The average molecular weight is 340 g/mol. The fourth-order valence-corrected chi connectivity index (χ4v) is 2.76. The van der Waals surface area contributed by atoms with E-state index >= 15 is 0 Å². The third-order valence-electron chi connectivity index (χ3n) is 4.15. The standard InChI is InChI=1S/C19H21FN4O/c20-16-8-4-5-9-17(16)24-18(25)15-12-22-19(23-13-15)21-11-10-14-6-2-1-3-7-14/h4-6,8-9,12-13H,1-3,7,10-11H2,(H,24,25)(H,21,22,23). The predicted molar refractivity (Wildman–Crippen MR) is 96.0 cm³/mol. The Morgan fingerprint density at radius 1 is 1.16 bits per heavy atom. The summed E-state index contributed by atoms with van der Waals surface area (Å²) in [5.74, 6) is -0.435. The molecule has 2 aromatic rings. The van der Waals surface area contributed by atoms with Crippen molar-refractivity contribution >= 4 is 17.5 Å². The fraction of sp³-hybridized carbons (Fsp3) is 0.316. The van der Waals surface area contributed by atoms with Crippen molar-refractivity contribution in [3.8, 4) is 0 Å². The van der Waals surface area contributed by atoms with E-state index in [2.05, 4.69) is 26.7 Å². The average Bonchev–Trinajstić information content (AvgIpc) is 2.65. The number of allylic oxidation sites excluding steroid dienone is 1. The normalized spacial score (nSPS) is 13.9. The van der Waals surface area contributed by atoms with E-state index < -0.39 is 11.7 Å². The van der Waals surface area contributed by atoms with Crippen LogP contribution in [-0.2, 0) is 0 Å². The molecule has 1 amide bonds. The zero-order chi connectivity index (χ0) is 17.5.